The van der Waals surface area contributed by atoms with E-state index >= 15 is 0 Å². The van der Waals surface area contributed by atoms with Crippen LogP contribution in [0.25, 0.3) is 0 Å². The molecule has 4 heteroatoms. The number of aliphatic hydroxyl groups excluding tert-OH is 1. The van der Waals surface area contributed by atoms with E-state index in [0.717, 1.165) is 0 Å². The first kappa shape index (κ1) is 10.8. The molecule has 0 aliphatic carbocycles. The summed E-state index contributed by atoms with van der Waals surface area (Å²) in [6.07, 6.45) is 1.42. The largest absolute Gasteiger partial charge is 0.495 e. The minimum Gasteiger partial charge on any atom is -0.495 e. The standard InChI is InChI=1S/C8H15NO3/c1-4-6(10)9-7(5(2)3)8(11)12/h4-5,7,9-10H,1-3H3,(H,11,12). The summed E-state index contributed by atoms with van der Waals surface area (Å²) in [5, 5.41) is 20.2. The Morgan fingerprint density at radius 1 is 1.42 bits per heavy atom. The first-order valence-electron chi connectivity index (χ1n) is 3.83. The Bertz CT molecular complexity index is 187. The van der Waals surface area contributed by atoms with E-state index in [4.69, 9.17) is 10.2 Å². The molecule has 4 nitrogen and oxygen atoms in total. The molecule has 0 aromatic heterocycles. The zero-order valence-corrected chi connectivity index (χ0v) is 7.53. The van der Waals surface area contributed by atoms with Crippen LogP contribution in [-0.2, 0) is 4.79 Å². The Morgan fingerprint density at radius 2 is 1.92 bits per heavy atom. The minimum absolute atomic E-state index is 0.0652. The maximum atomic E-state index is 10.6. The second-order valence-electron chi connectivity index (χ2n) is 2.88. The normalized spacial score (nSPS) is 14.5. The van der Waals surface area contributed by atoms with Crippen molar-refractivity contribution in [3.05, 3.63) is 12.0 Å². The Balaban J connectivity index is 4.24. The number of allylic oxidation sites excluding steroid dienone is 1. The molecule has 3 N–H and O–H groups in total. The molecular weight excluding hydrogens is 158 g/mol. The second-order valence-corrected chi connectivity index (χ2v) is 2.88. The molecule has 0 heterocycles. The van der Waals surface area contributed by atoms with E-state index in [-0.39, 0.29) is 11.8 Å². The van der Waals surface area contributed by atoms with Crippen LogP contribution in [0.2, 0.25) is 0 Å². The van der Waals surface area contributed by atoms with Gasteiger partial charge in [0.15, 0.2) is 5.88 Å². The van der Waals surface area contributed by atoms with Crippen molar-refractivity contribution in [1.29, 1.82) is 0 Å². The van der Waals surface area contributed by atoms with Crippen LogP contribution in [0.15, 0.2) is 12.0 Å². The summed E-state index contributed by atoms with van der Waals surface area (Å²) in [5.74, 6) is -1.13. The maximum absolute atomic E-state index is 10.6. The van der Waals surface area contributed by atoms with Crippen LogP contribution in [-0.4, -0.2) is 22.2 Å². The molecule has 0 aromatic rings. The number of hydrogen-bond acceptors (Lipinski definition) is 3. The molecule has 0 amide bonds. The zero-order chi connectivity index (χ0) is 9.72. The van der Waals surface area contributed by atoms with Gasteiger partial charge in [-0.25, -0.2) is 4.79 Å². The third kappa shape index (κ3) is 3.27. The van der Waals surface area contributed by atoms with Gasteiger partial charge >= 0.3 is 5.97 Å². The predicted octanol–water partition coefficient (Wildman–Crippen LogP) is 1.10. The van der Waals surface area contributed by atoms with E-state index in [1.165, 1.54) is 6.08 Å². The summed E-state index contributed by atoms with van der Waals surface area (Å²) >= 11 is 0. The van der Waals surface area contributed by atoms with Gasteiger partial charge in [-0.05, 0) is 18.9 Å². The van der Waals surface area contributed by atoms with Crippen LogP contribution in [0.5, 0.6) is 0 Å². The molecule has 0 aliphatic heterocycles. The predicted molar refractivity (Wildman–Crippen MR) is 45.8 cm³/mol. The highest BCUT2D eigenvalue weighted by Gasteiger charge is 2.21. The van der Waals surface area contributed by atoms with Gasteiger partial charge in [0.1, 0.15) is 6.04 Å². The third-order valence-corrected chi connectivity index (χ3v) is 1.51. The molecule has 0 radical (unpaired) electrons. The molecule has 0 aromatic carbocycles. The lowest BCUT2D eigenvalue weighted by molar-refractivity contribution is -0.140. The summed E-state index contributed by atoms with van der Waals surface area (Å²) in [7, 11) is 0. The topological polar surface area (TPSA) is 69.6 Å². The molecule has 0 rings (SSSR count). The lowest BCUT2D eigenvalue weighted by Gasteiger charge is -2.17. The van der Waals surface area contributed by atoms with Crippen molar-refractivity contribution in [2.75, 3.05) is 0 Å². The van der Waals surface area contributed by atoms with E-state index in [9.17, 15) is 4.79 Å². The quantitative estimate of drug-likeness (QED) is 0.557. The van der Waals surface area contributed by atoms with Crippen LogP contribution in [0.1, 0.15) is 20.8 Å². The van der Waals surface area contributed by atoms with Crippen molar-refractivity contribution in [1.82, 2.24) is 5.32 Å². The SMILES string of the molecule is CC=C(O)NC(C(=O)O)C(C)C. The Kier molecular flexibility index (Phi) is 4.18. The van der Waals surface area contributed by atoms with Gasteiger partial charge in [0.25, 0.3) is 0 Å². The molecule has 0 aliphatic rings. The summed E-state index contributed by atoms with van der Waals surface area (Å²) in [6, 6.07) is -0.735. The molecule has 0 spiro atoms. The minimum atomic E-state index is -0.960. The van der Waals surface area contributed by atoms with Crippen LogP contribution < -0.4 is 5.32 Å². The number of hydrogen-bond donors (Lipinski definition) is 3. The molecule has 1 atom stereocenters. The maximum Gasteiger partial charge on any atom is 0.326 e. The summed E-state index contributed by atoms with van der Waals surface area (Å²) in [5.41, 5.74) is 0. The Morgan fingerprint density at radius 3 is 2.17 bits per heavy atom. The fraction of sp³-hybridized carbons (Fsp3) is 0.625. The van der Waals surface area contributed by atoms with Crippen LogP contribution >= 0.6 is 0 Å². The molecule has 12 heavy (non-hydrogen) atoms. The van der Waals surface area contributed by atoms with Gasteiger partial charge in [0.05, 0.1) is 0 Å². The average molecular weight is 173 g/mol. The van der Waals surface area contributed by atoms with Crippen LogP contribution in [0.4, 0.5) is 0 Å². The van der Waals surface area contributed by atoms with Crippen molar-refractivity contribution in [2.24, 2.45) is 5.92 Å². The van der Waals surface area contributed by atoms with E-state index in [1.807, 2.05) is 0 Å². The lowest BCUT2D eigenvalue weighted by Crippen LogP contribution is -2.40. The highest BCUT2D eigenvalue weighted by atomic mass is 16.4. The van der Waals surface area contributed by atoms with Crippen LogP contribution in [0.3, 0.4) is 0 Å². The fourth-order valence-corrected chi connectivity index (χ4v) is 0.756. The first-order chi connectivity index (χ1) is 5.49. The molecule has 0 fully saturated rings. The van der Waals surface area contributed by atoms with E-state index in [2.05, 4.69) is 5.32 Å². The van der Waals surface area contributed by atoms with E-state index in [1.54, 1.807) is 20.8 Å². The van der Waals surface area contributed by atoms with Gasteiger partial charge in [0.2, 0.25) is 0 Å². The number of carboxylic acids is 1. The highest BCUT2D eigenvalue weighted by molar-refractivity contribution is 5.74. The van der Waals surface area contributed by atoms with Crippen molar-refractivity contribution in [3.8, 4) is 0 Å². The smallest absolute Gasteiger partial charge is 0.326 e. The number of carbonyl (C=O) groups is 1. The second kappa shape index (κ2) is 4.64. The third-order valence-electron chi connectivity index (χ3n) is 1.51. The first-order valence-corrected chi connectivity index (χ1v) is 3.83. The number of nitrogens with one attached hydrogen (secondary N) is 1. The number of carboxylic acid groups (broad SMARTS) is 1. The Labute approximate surface area is 71.9 Å². The summed E-state index contributed by atoms with van der Waals surface area (Å²) in [4.78, 5) is 10.6. The lowest BCUT2D eigenvalue weighted by atomic mass is 10.1. The molecular formula is C8H15NO3. The van der Waals surface area contributed by atoms with Crippen molar-refractivity contribution in [2.45, 2.75) is 26.8 Å². The molecule has 0 bridgehead atoms. The number of aliphatic carboxylic acids is 1. The zero-order valence-electron chi connectivity index (χ0n) is 7.53. The molecule has 0 saturated carbocycles. The molecule has 1 unspecified atom stereocenters. The van der Waals surface area contributed by atoms with Gasteiger partial charge in [-0.15, -0.1) is 0 Å². The van der Waals surface area contributed by atoms with Crippen molar-refractivity contribution >= 4 is 5.97 Å². The van der Waals surface area contributed by atoms with Gasteiger partial charge in [-0.1, -0.05) is 13.8 Å². The van der Waals surface area contributed by atoms with Crippen molar-refractivity contribution in [3.63, 3.8) is 0 Å². The van der Waals surface area contributed by atoms with E-state index in [0.29, 0.717) is 0 Å². The van der Waals surface area contributed by atoms with Crippen molar-refractivity contribution < 1.29 is 15.0 Å². The number of rotatable bonds is 4. The average Bonchev–Trinajstić information content (AvgIpc) is 1.98. The van der Waals surface area contributed by atoms with Gasteiger partial charge < -0.3 is 15.5 Å². The van der Waals surface area contributed by atoms with Crippen LogP contribution in [0, 0.1) is 5.92 Å². The fourth-order valence-electron chi connectivity index (χ4n) is 0.756. The summed E-state index contributed by atoms with van der Waals surface area (Å²) in [6.45, 7) is 5.17. The van der Waals surface area contributed by atoms with E-state index < -0.39 is 12.0 Å². The van der Waals surface area contributed by atoms with Gasteiger partial charge in [0, 0.05) is 0 Å². The Hall–Kier alpha value is -1.19. The van der Waals surface area contributed by atoms with Gasteiger partial charge in [-0.3, -0.25) is 0 Å². The molecule has 0 saturated heterocycles. The molecule has 70 valence electrons. The van der Waals surface area contributed by atoms with Gasteiger partial charge in [-0.2, -0.15) is 0 Å². The highest BCUT2D eigenvalue weighted by Crippen LogP contribution is 2.02. The number of aliphatic hydroxyl groups is 1. The summed E-state index contributed by atoms with van der Waals surface area (Å²) < 4.78 is 0. The monoisotopic (exact) mass is 173 g/mol.